The number of nitriles is 1. The van der Waals surface area contributed by atoms with Crippen LogP contribution in [0.25, 0.3) is 10.8 Å². The summed E-state index contributed by atoms with van der Waals surface area (Å²) in [5.74, 6) is 0.298. The Morgan fingerprint density at radius 1 is 1.07 bits per heavy atom. The molecule has 2 aromatic rings. The molecule has 2 aromatic carbocycles. The summed E-state index contributed by atoms with van der Waals surface area (Å²) in [6.07, 6.45) is 1.24. The van der Waals surface area contributed by atoms with E-state index in [1.165, 1.54) is 0 Å². The van der Waals surface area contributed by atoms with Crippen LogP contribution >= 0.6 is 0 Å². The average Bonchev–Trinajstić information content (AvgIpc) is 2.27. The lowest BCUT2D eigenvalue weighted by Crippen LogP contribution is -1.86. The van der Waals surface area contributed by atoms with Crippen molar-refractivity contribution in [2.45, 2.75) is 12.8 Å². The van der Waals surface area contributed by atoms with Gasteiger partial charge in [0.05, 0.1) is 6.07 Å². The van der Waals surface area contributed by atoms with Gasteiger partial charge in [-0.05, 0) is 23.4 Å². The summed E-state index contributed by atoms with van der Waals surface area (Å²) < 4.78 is 0. The zero-order valence-electron chi connectivity index (χ0n) is 8.27. The lowest BCUT2D eigenvalue weighted by molar-refractivity contribution is 0.481. The van der Waals surface area contributed by atoms with Crippen molar-refractivity contribution in [3.8, 4) is 11.8 Å². The van der Waals surface area contributed by atoms with E-state index in [4.69, 9.17) is 5.26 Å². The molecule has 0 spiro atoms. The second-order valence-corrected chi connectivity index (χ2v) is 3.45. The number of phenols is 1. The van der Waals surface area contributed by atoms with Gasteiger partial charge in [-0.3, -0.25) is 0 Å². The van der Waals surface area contributed by atoms with E-state index >= 15 is 0 Å². The van der Waals surface area contributed by atoms with Crippen LogP contribution in [0, 0.1) is 11.3 Å². The fourth-order valence-corrected chi connectivity index (χ4v) is 1.77. The van der Waals surface area contributed by atoms with Crippen molar-refractivity contribution in [3.05, 3.63) is 42.0 Å². The summed E-state index contributed by atoms with van der Waals surface area (Å²) in [7, 11) is 0. The van der Waals surface area contributed by atoms with Gasteiger partial charge in [-0.25, -0.2) is 0 Å². The molecule has 0 amide bonds. The van der Waals surface area contributed by atoms with Crippen LogP contribution in [0.5, 0.6) is 5.75 Å². The number of nitrogens with zero attached hydrogens (tertiary/aromatic N) is 1. The SMILES string of the molecule is N#CCCc1cccc2c(O)cccc12. The summed E-state index contributed by atoms with van der Waals surface area (Å²) in [6.45, 7) is 0. The van der Waals surface area contributed by atoms with Crippen LogP contribution in [0.1, 0.15) is 12.0 Å². The highest BCUT2D eigenvalue weighted by atomic mass is 16.3. The van der Waals surface area contributed by atoms with E-state index in [0.717, 1.165) is 22.8 Å². The molecule has 0 aromatic heterocycles. The first-order valence-electron chi connectivity index (χ1n) is 4.89. The van der Waals surface area contributed by atoms with E-state index in [9.17, 15) is 5.11 Å². The molecule has 74 valence electrons. The Hall–Kier alpha value is -2.01. The molecule has 1 N–H and O–H groups in total. The summed E-state index contributed by atoms with van der Waals surface area (Å²) >= 11 is 0. The Labute approximate surface area is 88.4 Å². The molecule has 2 nitrogen and oxygen atoms in total. The second-order valence-electron chi connectivity index (χ2n) is 3.45. The highest BCUT2D eigenvalue weighted by Gasteiger charge is 2.03. The molecule has 0 aliphatic rings. The first-order chi connectivity index (χ1) is 7.33. The first kappa shape index (κ1) is 9.54. The Morgan fingerprint density at radius 2 is 1.80 bits per heavy atom. The number of phenolic OH excluding ortho intramolecular Hbond substituents is 1. The topological polar surface area (TPSA) is 44.0 Å². The van der Waals surface area contributed by atoms with Crippen molar-refractivity contribution in [1.82, 2.24) is 0 Å². The maximum atomic E-state index is 9.66. The van der Waals surface area contributed by atoms with Gasteiger partial charge in [-0.1, -0.05) is 30.3 Å². The molecule has 0 radical (unpaired) electrons. The Balaban J connectivity index is 2.57. The van der Waals surface area contributed by atoms with Crippen LogP contribution in [-0.4, -0.2) is 5.11 Å². The normalized spacial score (nSPS) is 10.1. The van der Waals surface area contributed by atoms with E-state index in [2.05, 4.69) is 6.07 Å². The third kappa shape index (κ3) is 1.77. The highest BCUT2D eigenvalue weighted by molar-refractivity contribution is 5.90. The summed E-state index contributed by atoms with van der Waals surface area (Å²) in [6, 6.07) is 13.4. The fourth-order valence-electron chi connectivity index (χ4n) is 1.77. The Kier molecular flexibility index (Phi) is 2.55. The quantitative estimate of drug-likeness (QED) is 0.804. The van der Waals surface area contributed by atoms with Gasteiger partial charge >= 0.3 is 0 Å². The van der Waals surface area contributed by atoms with Crippen molar-refractivity contribution >= 4 is 10.8 Å². The number of aromatic hydroxyl groups is 1. The van der Waals surface area contributed by atoms with Crippen molar-refractivity contribution in [2.75, 3.05) is 0 Å². The lowest BCUT2D eigenvalue weighted by Gasteiger charge is -2.05. The molecule has 15 heavy (non-hydrogen) atoms. The van der Waals surface area contributed by atoms with Crippen molar-refractivity contribution in [3.63, 3.8) is 0 Å². The zero-order valence-corrected chi connectivity index (χ0v) is 8.27. The molecule has 0 saturated carbocycles. The Bertz CT molecular complexity index is 526. The summed E-state index contributed by atoms with van der Waals surface area (Å²) in [4.78, 5) is 0. The maximum absolute atomic E-state index is 9.66. The number of hydrogen-bond donors (Lipinski definition) is 1. The molecule has 0 fully saturated rings. The van der Waals surface area contributed by atoms with Gasteiger partial charge in [0.2, 0.25) is 0 Å². The van der Waals surface area contributed by atoms with Gasteiger partial charge in [-0.15, -0.1) is 0 Å². The molecule has 0 aliphatic heterocycles. The molecular weight excluding hydrogens is 186 g/mol. The molecule has 0 heterocycles. The molecule has 0 saturated heterocycles. The van der Waals surface area contributed by atoms with Gasteiger partial charge in [0.15, 0.2) is 0 Å². The first-order valence-corrected chi connectivity index (χ1v) is 4.89. The van der Waals surface area contributed by atoms with E-state index < -0.39 is 0 Å². The number of benzene rings is 2. The predicted molar refractivity (Wildman–Crippen MR) is 59.5 cm³/mol. The molecule has 2 heteroatoms. The highest BCUT2D eigenvalue weighted by Crippen LogP contribution is 2.27. The maximum Gasteiger partial charge on any atom is 0.123 e. The van der Waals surface area contributed by atoms with Crippen LogP contribution in [0.15, 0.2) is 36.4 Å². The van der Waals surface area contributed by atoms with E-state index in [-0.39, 0.29) is 0 Å². The standard InChI is InChI=1S/C13H11NO/c14-9-3-5-10-4-1-7-12-11(10)6-2-8-13(12)15/h1-2,4,6-8,15H,3,5H2. The van der Waals surface area contributed by atoms with Crippen LogP contribution in [0.2, 0.25) is 0 Å². The van der Waals surface area contributed by atoms with Gasteiger partial charge in [-0.2, -0.15) is 5.26 Å². The Morgan fingerprint density at radius 3 is 2.60 bits per heavy atom. The van der Waals surface area contributed by atoms with Crippen molar-refractivity contribution in [2.24, 2.45) is 0 Å². The minimum absolute atomic E-state index is 0.298. The third-order valence-electron chi connectivity index (χ3n) is 2.50. The van der Waals surface area contributed by atoms with E-state index in [1.807, 2.05) is 30.3 Å². The molecule has 0 bridgehead atoms. The minimum Gasteiger partial charge on any atom is -0.507 e. The van der Waals surface area contributed by atoms with Gasteiger partial charge in [0.1, 0.15) is 5.75 Å². The predicted octanol–water partition coefficient (Wildman–Crippen LogP) is 3.00. The van der Waals surface area contributed by atoms with Crippen molar-refractivity contribution < 1.29 is 5.11 Å². The van der Waals surface area contributed by atoms with Crippen LogP contribution in [-0.2, 0) is 6.42 Å². The number of rotatable bonds is 2. The smallest absolute Gasteiger partial charge is 0.123 e. The number of hydrogen-bond acceptors (Lipinski definition) is 2. The van der Waals surface area contributed by atoms with E-state index in [1.54, 1.807) is 6.07 Å². The van der Waals surface area contributed by atoms with E-state index in [0.29, 0.717) is 12.2 Å². The van der Waals surface area contributed by atoms with Crippen LogP contribution < -0.4 is 0 Å². The summed E-state index contributed by atoms with van der Waals surface area (Å²) in [5, 5.41) is 20.1. The van der Waals surface area contributed by atoms with Crippen LogP contribution in [0.4, 0.5) is 0 Å². The minimum atomic E-state index is 0.298. The van der Waals surface area contributed by atoms with Gasteiger partial charge in [0, 0.05) is 11.8 Å². The molecular formula is C13H11NO. The van der Waals surface area contributed by atoms with Gasteiger partial charge in [0.25, 0.3) is 0 Å². The zero-order chi connectivity index (χ0) is 10.7. The average molecular weight is 197 g/mol. The molecule has 0 unspecified atom stereocenters. The second kappa shape index (κ2) is 4.02. The monoisotopic (exact) mass is 197 g/mol. The lowest BCUT2D eigenvalue weighted by atomic mass is 10.0. The molecule has 0 aliphatic carbocycles. The number of fused-ring (bicyclic) bond motifs is 1. The van der Waals surface area contributed by atoms with Crippen LogP contribution in [0.3, 0.4) is 0 Å². The molecule has 0 atom stereocenters. The molecule has 2 rings (SSSR count). The number of aryl methyl sites for hydroxylation is 1. The summed E-state index contributed by atoms with van der Waals surface area (Å²) in [5.41, 5.74) is 1.12. The third-order valence-corrected chi connectivity index (χ3v) is 2.50. The largest absolute Gasteiger partial charge is 0.507 e. The van der Waals surface area contributed by atoms with Gasteiger partial charge < -0.3 is 5.11 Å². The van der Waals surface area contributed by atoms with Crippen molar-refractivity contribution in [1.29, 1.82) is 5.26 Å². The fraction of sp³-hybridized carbons (Fsp3) is 0.154.